The molecule has 1 heterocycles. The zero-order chi connectivity index (χ0) is 21.1. The highest BCUT2D eigenvalue weighted by molar-refractivity contribution is 6.00. The van der Waals surface area contributed by atoms with Gasteiger partial charge in [0.2, 0.25) is 5.91 Å². The Hall–Kier alpha value is -1.77. The Morgan fingerprint density at radius 1 is 1.00 bits per heavy atom. The van der Waals surface area contributed by atoms with Crippen molar-refractivity contribution in [1.82, 2.24) is 4.90 Å². The Labute approximate surface area is 171 Å². The molecule has 28 heavy (non-hydrogen) atoms. The molecule has 0 bridgehead atoms. The SMILES string of the molecule is CCCCCCN1CC/C(=C/c2cc(C(C)(C)C)c(O)c(C(C)(C)C)c2)C1=O. The van der Waals surface area contributed by atoms with E-state index in [1.54, 1.807) is 0 Å². The smallest absolute Gasteiger partial charge is 0.249 e. The van der Waals surface area contributed by atoms with Gasteiger partial charge >= 0.3 is 0 Å². The molecule has 1 aromatic carbocycles. The Kier molecular flexibility index (Phi) is 7.01. The summed E-state index contributed by atoms with van der Waals surface area (Å²) in [6.07, 6.45) is 7.59. The van der Waals surface area contributed by atoms with Gasteiger partial charge in [0.25, 0.3) is 0 Å². The Morgan fingerprint density at radius 3 is 2.07 bits per heavy atom. The molecule has 0 spiro atoms. The molecule has 156 valence electrons. The first-order valence-electron chi connectivity index (χ1n) is 10.8. The van der Waals surface area contributed by atoms with Crippen LogP contribution >= 0.6 is 0 Å². The van der Waals surface area contributed by atoms with E-state index in [-0.39, 0.29) is 16.7 Å². The Morgan fingerprint density at radius 2 is 1.57 bits per heavy atom. The minimum atomic E-state index is -0.163. The van der Waals surface area contributed by atoms with E-state index in [1.807, 2.05) is 11.0 Å². The van der Waals surface area contributed by atoms with Gasteiger partial charge in [-0.2, -0.15) is 0 Å². The quantitative estimate of drug-likeness (QED) is 0.469. The van der Waals surface area contributed by atoms with E-state index in [4.69, 9.17) is 0 Å². The molecule has 1 aliphatic heterocycles. The number of unbranched alkanes of at least 4 members (excludes halogenated alkanes) is 3. The number of amides is 1. The van der Waals surface area contributed by atoms with Crippen LogP contribution in [-0.2, 0) is 15.6 Å². The van der Waals surface area contributed by atoms with E-state index in [1.165, 1.54) is 19.3 Å². The molecule has 1 fully saturated rings. The van der Waals surface area contributed by atoms with Gasteiger partial charge < -0.3 is 10.0 Å². The van der Waals surface area contributed by atoms with Crippen LogP contribution in [0.1, 0.15) is 97.3 Å². The lowest BCUT2D eigenvalue weighted by molar-refractivity contribution is -0.124. The summed E-state index contributed by atoms with van der Waals surface area (Å²) in [5.74, 6) is 0.566. The van der Waals surface area contributed by atoms with Crippen LogP contribution in [0.25, 0.3) is 6.08 Å². The summed E-state index contributed by atoms with van der Waals surface area (Å²) in [5.41, 5.74) is 3.46. The predicted molar refractivity (Wildman–Crippen MR) is 119 cm³/mol. The van der Waals surface area contributed by atoms with Crippen molar-refractivity contribution in [2.24, 2.45) is 0 Å². The molecule has 1 amide bonds. The second-order valence-corrected chi connectivity index (χ2v) is 10.2. The molecule has 0 saturated carbocycles. The van der Waals surface area contributed by atoms with Gasteiger partial charge in [-0.15, -0.1) is 0 Å². The largest absolute Gasteiger partial charge is 0.507 e. The van der Waals surface area contributed by atoms with Gasteiger partial charge in [-0.3, -0.25) is 4.79 Å². The van der Waals surface area contributed by atoms with Gasteiger partial charge in [0, 0.05) is 29.8 Å². The zero-order valence-electron chi connectivity index (χ0n) is 19.0. The highest BCUT2D eigenvalue weighted by atomic mass is 16.3. The van der Waals surface area contributed by atoms with Crippen LogP contribution in [0, 0.1) is 0 Å². The van der Waals surface area contributed by atoms with Crippen molar-refractivity contribution in [2.75, 3.05) is 13.1 Å². The maximum Gasteiger partial charge on any atom is 0.249 e. The third-order valence-corrected chi connectivity index (χ3v) is 5.58. The van der Waals surface area contributed by atoms with Gasteiger partial charge in [0.05, 0.1) is 0 Å². The molecule has 0 aromatic heterocycles. The molecule has 1 saturated heterocycles. The minimum Gasteiger partial charge on any atom is -0.507 e. The summed E-state index contributed by atoms with van der Waals surface area (Å²) in [6, 6.07) is 4.10. The molecule has 1 aromatic rings. The summed E-state index contributed by atoms with van der Waals surface area (Å²) in [5, 5.41) is 10.9. The lowest BCUT2D eigenvalue weighted by Crippen LogP contribution is -2.26. The number of benzene rings is 1. The third-order valence-electron chi connectivity index (χ3n) is 5.58. The zero-order valence-corrected chi connectivity index (χ0v) is 19.0. The summed E-state index contributed by atoms with van der Waals surface area (Å²) < 4.78 is 0. The molecule has 0 atom stereocenters. The van der Waals surface area contributed by atoms with Crippen LogP contribution < -0.4 is 0 Å². The molecular formula is C25H39NO2. The fourth-order valence-corrected chi connectivity index (χ4v) is 3.83. The Balaban J connectivity index is 2.31. The lowest BCUT2D eigenvalue weighted by atomic mass is 9.78. The molecule has 3 heteroatoms. The van der Waals surface area contributed by atoms with Gasteiger partial charge in [-0.1, -0.05) is 67.7 Å². The summed E-state index contributed by atoms with van der Waals surface area (Å²) in [6.45, 7) is 16.6. The number of hydrogen-bond donors (Lipinski definition) is 1. The molecule has 2 rings (SSSR count). The van der Waals surface area contributed by atoms with Crippen LogP contribution in [0.15, 0.2) is 17.7 Å². The van der Waals surface area contributed by atoms with E-state index >= 15 is 0 Å². The number of nitrogens with zero attached hydrogens (tertiary/aromatic N) is 1. The molecule has 0 aliphatic carbocycles. The average Bonchev–Trinajstić information content (AvgIpc) is 2.91. The topological polar surface area (TPSA) is 40.5 Å². The number of phenolic OH excluding ortho intramolecular Hbond substituents is 1. The number of carbonyl (C=O) groups is 1. The van der Waals surface area contributed by atoms with Crippen molar-refractivity contribution >= 4 is 12.0 Å². The van der Waals surface area contributed by atoms with E-state index in [9.17, 15) is 9.90 Å². The van der Waals surface area contributed by atoms with E-state index < -0.39 is 0 Å². The van der Waals surface area contributed by atoms with Gasteiger partial charge in [-0.25, -0.2) is 0 Å². The van der Waals surface area contributed by atoms with Crippen LogP contribution in [0.3, 0.4) is 0 Å². The third kappa shape index (κ3) is 5.40. The first-order valence-corrected chi connectivity index (χ1v) is 10.8. The maximum atomic E-state index is 12.8. The second kappa shape index (κ2) is 8.71. The van der Waals surface area contributed by atoms with Gasteiger partial charge in [0.1, 0.15) is 5.75 Å². The fourth-order valence-electron chi connectivity index (χ4n) is 3.83. The molecule has 1 N–H and O–H groups in total. The average molecular weight is 386 g/mol. The standard InChI is InChI=1S/C25H39NO2/c1-8-9-10-11-13-26-14-12-19(23(26)28)15-18-16-20(24(2,3)4)22(27)21(17-18)25(5,6)7/h15-17,27H,8-14H2,1-7H3/b19-15-. The lowest BCUT2D eigenvalue weighted by Gasteiger charge is -2.28. The van der Waals surface area contributed by atoms with Crippen molar-refractivity contribution < 1.29 is 9.90 Å². The van der Waals surface area contributed by atoms with Crippen molar-refractivity contribution in [3.8, 4) is 5.75 Å². The molecule has 0 unspecified atom stereocenters. The highest BCUT2D eigenvalue weighted by Crippen LogP contribution is 2.40. The first-order chi connectivity index (χ1) is 12.9. The molecule has 3 nitrogen and oxygen atoms in total. The van der Waals surface area contributed by atoms with Gasteiger partial charge in [-0.05, 0) is 47.4 Å². The number of aromatic hydroxyl groups is 1. The summed E-state index contributed by atoms with van der Waals surface area (Å²) >= 11 is 0. The number of phenols is 1. The highest BCUT2D eigenvalue weighted by Gasteiger charge is 2.28. The van der Waals surface area contributed by atoms with E-state index in [0.717, 1.165) is 48.2 Å². The summed E-state index contributed by atoms with van der Waals surface area (Å²) in [7, 11) is 0. The number of rotatable bonds is 6. The summed E-state index contributed by atoms with van der Waals surface area (Å²) in [4.78, 5) is 14.8. The van der Waals surface area contributed by atoms with Crippen LogP contribution in [0.5, 0.6) is 5.75 Å². The van der Waals surface area contributed by atoms with Crippen molar-refractivity contribution in [3.63, 3.8) is 0 Å². The van der Waals surface area contributed by atoms with Crippen LogP contribution in [0.4, 0.5) is 0 Å². The van der Waals surface area contributed by atoms with Crippen molar-refractivity contribution in [3.05, 3.63) is 34.4 Å². The normalized spacial score (nSPS) is 17.0. The predicted octanol–water partition coefficient (Wildman–Crippen LogP) is 6.18. The first kappa shape index (κ1) is 22.5. The van der Waals surface area contributed by atoms with Crippen molar-refractivity contribution in [1.29, 1.82) is 0 Å². The monoisotopic (exact) mass is 385 g/mol. The number of carbonyl (C=O) groups excluding carboxylic acids is 1. The molecular weight excluding hydrogens is 346 g/mol. The number of likely N-dealkylation sites (tertiary alicyclic amines) is 1. The second-order valence-electron chi connectivity index (χ2n) is 10.2. The van der Waals surface area contributed by atoms with E-state index in [2.05, 4.69) is 60.6 Å². The van der Waals surface area contributed by atoms with Gasteiger partial charge in [0.15, 0.2) is 0 Å². The Bertz CT molecular complexity index is 697. The maximum absolute atomic E-state index is 12.8. The minimum absolute atomic E-state index is 0.163. The van der Waals surface area contributed by atoms with E-state index in [0.29, 0.717) is 5.75 Å². The fraction of sp³-hybridized carbons (Fsp3) is 0.640. The van der Waals surface area contributed by atoms with Crippen molar-refractivity contribution in [2.45, 2.75) is 91.4 Å². The van der Waals surface area contributed by atoms with Crippen LogP contribution in [-0.4, -0.2) is 29.0 Å². The van der Waals surface area contributed by atoms with Crippen LogP contribution in [0.2, 0.25) is 0 Å². The molecule has 1 aliphatic rings. The number of hydrogen-bond acceptors (Lipinski definition) is 2. The molecule has 0 radical (unpaired) electrons.